The minimum absolute atomic E-state index is 0.675. The largest absolute Gasteiger partial charge is 0.398 e. The molecule has 0 atom stereocenters. The van der Waals surface area contributed by atoms with Gasteiger partial charge < -0.3 is 5.73 Å². The number of hydrogen-bond acceptors (Lipinski definition) is 3. The molecule has 3 aromatic rings. The maximum absolute atomic E-state index is 6.06. The Hall–Kier alpha value is -2.14. The maximum atomic E-state index is 6.06. The van der Waals surface area contributed by atoms with Crippen LogP contribution in [0.25, 0.3) is 22.8 Å². The number of anilines is 1. The fourth-order valence-corrected chi connectivity index (χ4v) is 2.44. The molecule has 0 aliphatic carbocycles. The molecule has 0 amide bonds. The third-order valence-corrected chi connectivity index (χ3v) is 3.54. The van der Waals surface area contributed by atoms with Gasteiger partial charge in [-0.15, -0.1) is 0 Å². The first-order valence-electron chi connectivity index (χ1n) is 6.17. The number of rotatable bonds is 2. The second kappa shape index (κ2) is 5.09. The number of halogens is 1. The molecule has 2 aromatic carbocycles. The van der Waals surface area contributed by atoms with Gasteiger partial charge >= 0.3 is 0 Å². The minimum atomic E-state index is 0.675. The van der Waals surface area contributed by atoms with Gasteiger partial charge in [0.25, 0.3) is 0 Å². The van der Waals surface area contributed by atoms with Gasteiger partial charge in [-0.3, -0.25) is 0 Å². The van der Waals surface area contributed by atoms with E-state index in [0.717, 1.165) is 21.4 Å². The van der Waals surface area contributed by atoms with E-state index in [4.69, 9.17) is 5.73 Å². The van der Waals surface area contributed by atoms with Gasteiger partial charge in [0.1, 0.15) is 0 Å². The average Bonchev–Trinajstić information content (AvgIpc) is 2.82. The first-order valence-corrected chi connectivity index (χ1v) is 6.96. The third-order valence-electron chi connectivity index (χ3n) is 3.05. The van der Waals surface area contributed by atoms with Gasteiger partial charge in [-0.05, 0) is 18.2 Å². The summed E-state index contributed by atoms with van der Waals surface area (Å²) in [5, 5.41) is 4.46. The lowest BCUT2D eigenvalue weighted by molar-refractivity contribution is 0.777. The standard InChI is InChI=1S/C15H13BrN4/c1-20-15(12-8-7-11(16)9-13(12)17)18-14(19-20)10-5-3-2-4-6-10/h2-9H,17H2,1H3. The lowest BCUT2D eigenvalue weighted by Gasteiger charge is -2.04. The Morgan fingerprint density at radius 1 is 1.10 bits per heavy atom. The lowest BCUT2D eigenvalue weighted by Crippen LogP contribution is -1.98. The van der Waals surface area contributed by atoms with Crippen molar-refractivity contribution in [3.05, 3.63) is 53.0 Å². The molecule has 0 radical (unpaired) electrons. The average molecular weight is 329 g/mol. The molecule has 3 rings (SSSR count). The van der Waals surface area contributed by atoms with Crippen LogP contribution in [0.5, 0.6) is 0 Å². The fraction of sp³-hybridized carbons (Fsp3) is 0.0667. The van der Waals surface area contributed by atoms with Crippen molar-refractivity contribution in [2.24, 2.45) is 7.05 Å². The van der Waals surface area contributed by atoms with E-state index in [-0.39, 0.29) is 0 Å². The van der Waals surface area contributed by atoms with Crippen LogP contribution < -0.4 is 5.73 Å². The van der Waals surface area contributed by atoms with Gasteiger partial charge in [-0.1, -0.05) is 46.3 Å². The smallest absolute Gasteiger partial charge is 0.181 e. The van der Waals surface area contributed by atoms with Gasteiger partial charge in [0.2, 0.25) is 0 Å². The third kappa shape index (κ3) is 2.32. The van der Waals surface area contributed by atoms with Crippen molar-refractivity contribution in [3.8, 4) is 22.8 Å². The Morgan fingerprint density at radius 3 is 2.55 bits per heavy atom. The molecule has 0 fully saturated rings. The van der Waals surface area contributed by atoms with Crippen LogP contribution in [0.15, 0.2) is 53.0 Å². The molecule has 0 aliphatic heterocycles. The normalized spacial score (nSPS) is 10.7. The summed E-state index contributed by atoms with van der Waals surface area (Å²) < 4.78 is 2.70. The second-order valence-corrected chi connectivity index (χ2v) is 5.40. The summed E-state index contributed by atoms with van der Waals surface area (Å²) in [6.45, 7) is 0. The van der Waals surface area contributed by atoms with E-state index in [2.05, 4.69) is 26.0 Å². The summed E-state index contributed by atoms with van der Waals surface area (Å²) in [5.74, 6) is 1.46. The summed E-state index contributed by atoms with van der Waals surface area (Å²) in [6.07, 6.45) is 0. The quantitative estimate of drug-likeness (QED) is 0.732. The van der Waals surface area contributed by atoms with E-state index < -0.39 is 0 Å². The number of aryl methyl sites for hydroxylation is 1. The van der Waals surface area contributed by atoms with Gasteiger partial charge in [0.05, 0.1) is 0 Å². The van der Waals surface area contributed by atoms with Crippen molar-refractivity contribution in [1.29, 1.82) is 0 Å². The van der Waals surface area contributed by atoms with Gasteiger partial charge in [0.15, 0.2) is 11.6 Å². The SMILES string of the molecule is Cn1nc(-c2ccccc2)nc1-c1ccc(Br)cc1N. The van der Waals surface area contributed by atoms with Crippen molar-refractivity contribution in [2.45, 2.75) is 0 Å². The number of nitrogens with two attached hydrogens (primary N) is 1. The summed E-state index contributed by atoms with van der Waals surface area (Å²) in [7, 11) is 1.87. The number of hydrogen-bond donors (Lipinski definition) is 1. The zero-order chi connectivity index (χ0) is 14.1. The predicted octanol–water partition coefficient (Wildman–Crippen LogP) is 3.49. The Kier molecular flexibility index (Phi) is 3.28. The first-order chi connectivity index (χ1) is 9.65. The van der Waals surface area contributed by atoms with Crippen LogP contribution in [0.2, 0.25) is 0 Å². The Labute approximate surface area is 125 Å². The molecular weight excluding hydrogens is 316 g/mol. The topological polar surface area (TPSA) is 56.7 Å². The minimum Gasteiger partial charge on any atom is -0.398 e. The number of nitrogen functional groups attached to an aromatic ring is 1. The molecule has 0 bridgehead atoms. The lowest BCUT2D eigenvalue weighted by atomic mass is 10.1. The summed E-state index contributed by atoms with van der Waals surface area (Å²) >= 11 is 3.41. The summed E-state index contributed by atoms with van der Waals surface area (Å²) in [5.41, 5.74) is 8.61. The zero-order valence-corrected chi connectivity index (χ0v) is 12.5. The summed E-state index contributed by atoms with van der Waals surface area (Å²) in [4.78, 5) is 4.60. The Balaban J connectivity index is 2.10. The van der Waals surface area contributed by atoms with Crippen molar-refractivity contribution in [3.63, 3.8) is 0 Å². The summed E-state index contributed by atoms with van der Waals surface area (Å²) in [6, 6.07) is 15.7. The molecule has 0 aliphatic rings. The van der Waals surface area contributed by atoms with Gasteiger partial charge in [-0.25, -0.2) is 9.67 Å². The molecule has 1 heterocycles. The molecule has 4 nitrogen and oxygen atoms in total. The van der Waals surface area contributed by atoms with Crippen LogP contribution in [0.1, 0.15) is 0 Å². The van der Waals surface area contributed by atoms with E-state index in [1.807, 2.05) is 55.6 Å². The zero-order valence-electron chi connectivity index (χ0n) is 10.9. The van der Waals surface area contributed by atoms with Crippen molar-refractivity contribution < 1.29 is 0 Å². The van der Waals surface area contributed by atoms with Crippen LogP contribution >= 0.6 is 15.9 Å². The molecule has 5 heteroatoms. The highest BCUT2D eigenvalue weighted by atomic mass is 79.9. The number of benzene rings is 2. The molecule has 0 saturated heterocycles. The number of aromatic nitrogens is 3. The first kappa shape index (κ1) is 12.9. The van der Waals surface area contributed by atoms with Crippen LogP contribution in [0.3, 0.4) is 0 Å². The molecular formula is C15H13BrN4. The second-order valence-electron chi connectivity index (χ2n) is 4.48. The van der Waals surface area contributed by atoms with Crippen LogP contribution in [0, 0.1) is 0 Å². The van der Waals surface area contributed by atoms with Gasteiger partial charge in [-0.2, -0.15) is 5.10 Å². The van der Waals surface area contributed by atoms with Crippen LogP contribution in [0.4, 0.5) is 5.69 Å². The van der Waals surface area contributed by atoms with E-state index in [0.29, 0.717) is 11.5 Å². The molecule has 0 saturated carbocycles. The highest BCUT2D eigenvalue weighted by molar-refractivity contribution is 9.10. The van der Waals surface area contributed by atoms with E-state index >= 15 is 0 Å². The molecule has 0 unspecified atom stereocenters. The predicted molar refractivity (Wildman–Crippen MR) is 84.0 cm³/mol. The van der Waals surface area contributed by atoms with Crippen LogP contribution in [-0.2, 0) is 7.05 Å². The van der Waals surface area contributed by atoms with Gasteiger partial charge in [0, 0.05) is 28.3 Å². The monoisotopic (exact) mass is 328 g/mol. The van der Waals surface area contributed by atoms with Crippen LogP contribution in [-0.4, -0.2) is 14.8 Å². The fourth-order valence-electron chi connectivity index (χ4n) is 2.07. The number of nitrogens with zero attached hydrogens (tertiary/aromatic N) is 3. The molecule has 1 aromatic heterocycles. The molecule has 2 N–H and O–H groups in total. The van der Waals surface area contributed by atoms with Crippen molar-refractivity contribution >= 4 is 21.6 Å². The van der Waals surface area contributed by atoms with Crippen molar-refractivity contribution in [2.75, 3.05) is 5.73 Å². The van der Waals surface area contributed by atoms with Crippen molar-refractivity contribution in [1.82, 2.24) is 14.8 Å². The highest BCUT2D eigenvalue weighted by Gasteiger charge is 2.13. The van der Waals surface area contributed by atoms with E-state index in [1.165, 1.54) is 0 Å². The Morgan fingerprint density at radius 2 is 1.85 bits per heavy atom. The van der Waals surface area contributed by atoms with E-state index in [9.17, 15) is 0 Å². The maximum Gasteiger partial charge on any atom is 0.181 e. The molecule has 20 heavy (non-hydrogen) atoms. The Bertz CT molecular complexity index is 750. The van der Waals surface area contributed by atoms with E-state index in [1.54, 1.807) is 4.68 Å². The molecule has 100 valence electrons. The highest BCUT2D eigenvalue weighted by Crippen LogP contribution is 2.28. The molecule has 0 spiro atoms.